The molecule has 0 spiro atoms. The van der Waals surface area contributed by atoms with Crippen molar-refractivity contribution < 1.29 is 0 Å². The van der Waals surface area contributed by atoms with Crippen molar-refractivity contribution in [2.24, 2.45) is 0 Å². The van der Waals surface area contributed by atoms with Crippen LogP contribution in [0.2, 0.25) is 5.02 Å². The Balaban J connectivity index is 2.86. The molecule has 4 heteroatoms. The van der Waals surface area contributed by atoms with E-state index >= 15 is 0 Å². The van der Waals surface area contributed by atoms with Gasteiger partial charge in [-0.3, -0.25) is 4.98 Å². The summed E-state index contributed by atoms with van der Waals surface area (Å²) in [6.07, 6.45) is 0.943. The molecular weight excluding hydrogens is 359 g/mol. The number of rotatable bonds is 3. The molecule has 2 nitrogen and oxygen atoms in total. The Morgan fingerprint density at radius 3 is 2.67 bits per heavy atom. The van der Waals surface area contributed by atoms with E-state index in [0.29, 0.717) is 0 Å². The van der Waals surface area contributed by atoms with Crippen LogP contribution in [0.1, 0.15) is 25.1 Å². The molecule has 2 aromatic rings. The molecule has 0 aliphatic heterocycles. The van der Waals surface area contributed by atoms with Gasteiger partial charge in [0.2, 0.25) is 0 Å². The highest BCUT2D eigenvalue weighted by Gasteiger charge is 2.13. The van der Waals surface area contributed by atoms with Crippen LogP contribution in [0.15, 0.2) is 12.1 Å². The fourth-order valence-corrected chi connectivity index (χ4v) is 3.33. The molecule has 0 unspecified atom stereocenters. The summed E-state index contributed by atoms with van der Waals surface area (Å²) >= 11 is 8.46. The van der Waals surface area contributed by atoms with Gasteiger partial charge in [-0.25, -0.2) is 0 Å². The zero-order valence-electron chi connectivity index (χ0n) is 10.8. The summed E-state index contributed by atoms with van der Waals surface area (Å²) in [7, 11) is 0. The number of aryl methyl sites for hydroxylation is 1. The standard InChI is InChI=1S/C14H16ClIN2/c1-4-12-8(3)13(17-5-2)10-6-9(15)7-11(16)14(10)18-12/h6-7H,4-5H2,1-3H3,(H,17,18). The topological polar surface area (TPSA) is 24.9 Å². The van der Waals surface area contributed by atoms with E-state index in [1.54, 1.807) is 0 Å². The van der Waals surface area contributed by atoms with E-state index in [1.807, 2.05) is 12.1 Å². The summed E-state index contributed by atoms with van der Waals surface area (Å²) < 4.78 is 1.10. The number of aromatic nitrogens is 1. The molecule has 1 aromatic heterocycles. The molecular formula is C14H16ClIN2. The number of halogens is 2. The lowest BCUT2D eigenvalue weighted by atomic mass is 10.1. The lowest BCUT2D eigenvalue weighted by molar-refractivity contribution is 1.02. The van der Waals surface area contributed by atoms with Gasteiger partial charge in [0.15, 0.2) is 0 Å². The first-order valence-electron chi connectivity index (χ1n) is 6.10. The minimum atomic E-state index is 0.761. The van der Waals surface area contributed by atoms with Gasteiger partial charge in [-0.1, -0.05) is 18.5 Å². The van der Waals surface area contributed by atoms with Crippen LogP contribution >= 0.6 is 34.2 Å². The molecule has 1 aromatic carbocycles. The quantitative estimate of drug-likeness (QED) is 0.781. The van der Waals surface area contributed by atoms with Gasteiger partial charge in [-0.2, -0.15) is 0 Å². The summed E-state index contributed by atoms with van der Waals surface area (Å²) in [4.78, 5) is 4.77. The van der Waals surface area contributed by atoms with Crippen molar-refractivity contribution in [1.82, 2.24) is 4.98 Å². The summed E-state index contributed by atoms with van der Waals surface area (Å²) in [5.74, 6) is 0. The van der Waals surface area contributed by atoms with Crippen LogP contribution < -0.4 is 5.32 Å². The van der Waals surface area contributed by atoms with E-state index < -0.39 is 0 Å². The van der Waals surface area contributed by atoms with E-state index in [9.17, 15) is 0 Å². The largest absolute Gasteiger partial charge is 0.385 e. The van der Waals surface area contributed by atoms with E-state index in [4.69, 9.17) is 16.6 Å². The Morgan fingerprint density at radius 2 is 2.06 bits per heavy atom. The third-order valence-corrected chi connectivity index (χ3v) is 4.08. The first kappa shape index (κ1) is 13.9. The van der Waals surface area contributed by atoms with Crippen molar-refractivity contribution in [3.05, 3.63) is 32.0 Å². The lowest BCUT2D eigenvalue weighted by Crippen LogP contribution is -2.05. The molecule has 0 amide bonds. The van der Waals surface area contributed by atoms with Gasteiger partial charge in [-0.05, 0) is 60.6 Å². The minimum absolute atomic E-state index is 0.761. The smallest absolute Gasteiger partial charge is 0.0860 e. The molecule has 0 atom stereocenters. The number of nitrogens with one attached hydrogen (secondary N) is 1. The third-order valence-electron chi connectivity index (χ3n) is 3.04. The maximum Gasteiger partial charge on any atom is 0.0860 e. The predicted molar refractivity (Wildman–Crippen MR) is 87.7 cm³/mol. The Kier molecular flexibility index (Phi) is 4.33. The van der Waals surface area contributed by atoms with Crippen molar-refractivity contribution >= 4 is 50.8 Å². The van der Waals surface area contributed by atoms with E-state index in [2.05, 4.69) is 48.7 Å². The maximum atomic E-state index is 6.16. The molecule has 1 heterocycles. The highest BCUT2D eigenvalue weighted by Crippen LogP contribution is 2.33. The SMILES string of the molecule is CCNc1c(C)c(CC)nc2c(I)cc(Cl)cc12. The van der Waals surface area contributed by atoms with Crippen molar-refractivity contribution in [2.75, 3.05) is 11.9 Å². The van der Waals surface area contributed by atoms with Crippen LogP contribution in [-0.2, 0) is 6.42 Å². The minimum Gasteiger partial charge on any atom is -0.385 e. The fraction of sp³-hybridized carbons (Fsp3) is 0.357. The van der Waals surface area contributed by atoms with Crippen LogP contribution in [0.4, 0.5) is 5.69 Å². The van der Waals surface area contributed by atoms with E-state index in [1.165, 1.54) is 11.3 Å². The third kappa shape index (κ3) is 2.43. The zero-order chi connectivity index (χ0) is 13.3. The van der Waals surface area contributed by atoms with Gasteiger partial charge >= 0.3 is 0 Å². The Hall–Kier alpha value is -0.550. The lowest BCUT2D eigenvalue weighted by Gasteiger charge is -2.15. The van der Waals surface area contributed by atoms with Crippen LogP contribution in [0.3, 0.4) is 0 Å². The van der Waals surface area contributed by atoms with Gasteiger partial charge in [0.25, 0.3) is 0 Å². The van der Waals surface area contributed by atoms with Gasteiger partial charge in [-0.15, -0.1) is 0 Å². The maximum absolute atomic E-state index is 6.16. The van der Waals surface area contributed by atoms with Gasteiger partial charge in [0, 0.05) is 31.9 Å². The number of fused-ring (bicyclic) bond motifs is 1. The molecule has 0 saturated heterocycles. The Labute approximate surface area is 126 Å². The summed E-state index contributed by atoms with van der Waals surface area (Å²) in [6.45, 7) is 7.26. The highest BCUT2D eigenvalue weighted by atomic mass is 127. The van der Waals surface area contributed by atoms with Crippen LogP contribution in [0.25, 0.3) is 10.9 Å². The zero-order valence-corrected chi connectivity index (χ0v) is 13.7. The normalized spacial score (nSPS) is 10.9. The van der Waals surface area contributed by atoms with Gasteiger partial charge < -0.3 is 5.32 Å². The second kappa shape index (κ2) is 5.61. The van der Waals surface area contributed by atoms with E-state index in [-0.39, 0.29) is 0 Å². The Bertz CT molecular complexity index is 596. The first-order valence-corrected chi connectivity index (χ1v) is 7.56. The molecule has 0 saturated carbocycles. The molecule has 2 rings (SSSR count). The van der Waals surface area contributed by atoms with Crippen molar-refractivity contribution in [3.63, 3.8) is 0 Å². The first-order chi connectivity index (χ1) is 8.58. The average molecular weight is 375 g/mol. The Morgan fingerprint density at radius 1 is 1.33 bits per heavy atom. The second-order valence-corrected chi connectivity index (χ2v) is 5.82. The van der Waals surface area contributed by atoms with Crippen molar-refractivity contribution in [2.45, 2.75) is 27.2 Å². The molecule has 0 aliphatic rings. The van der Waals surface area contributed by atoms with Gasteiger partial charge in [0.1, 0.15) is 0 Å². The predicted octanol–water partition coefficient (Wildman–Crippen LogP) is 4.80. The van der Waals surface area contributed by atoms with E-state index in [0.717, 1.165) is 38.2 Å². The molecule has 0 aliphatic carbocycles. The number of pyridine rings is 1. The molecule has 18 heavy (non-hydrogen) atoms. The number of anilines is 1. The number of hydrogen-bond acceptors (Lipinski definition) is 2. The highest BCUT2D eigenvalue weighted by molar-refractivity contribution is 14.1. The molecule has 96 valence electrons. The average Bonchev–Trinajstić information content (AvgIpc) is 2.33. The van der Waals surface area contributed by atoms with Crippen LogP contribution in [0.5, 0.6) is 0 Å². The molecule has 1 N–H and O–H groups in total. The molecule has 0 radical (unpaired) electrons. The number of benzene rings is 1. The number of nitrogens with zero attached hydrogens (tertiary/aromatic N) is 1. The van der Waals surface area contributed by atoms with Gasteiger partial charge in [0.05, 0.1) is 5.52 Å². The van der Waals surface area contributed by atoms with Crippen molar-refractivity contribution in [3.8, 4) is 0 Å². The summed E-state index contributed by atoms with van der Waals surface area (Å²) in [5.41, 5.74) is 4.58. The summed E-state index contributed by atoms with van der Waals surface area (Å²) in [6, 6.07) is 3.96. The van der Waals surface area contributed by atoms with Crippen LogP contribution in [-0.4, -0.2) is 11.5 Å². The summed E-state index contributed by atoms with van der Waals surface area (Å²) in [5, 5.41) is 5.32. The second-order valence-electron chi connectivity index (χ2n) is 4.23. The fourth-order valence-electron chi connectivity index (χ4n) is 2.18. The molecule has 0 fully saturated rings. The molecule has 0 bridgehead atoms. The monoisotopic (exact) mass is 374 g/mol. The van der Waals surface area contributed by atoms with Crippen molar-refractivity contribution in [1.29, 1.82) is 0 Å². The van der Waals surface area contributed by atoms with Crippen LogP contribution in [0, 0.1) is 10.5 Å². The number of hydrogen-bond donors (Lipinski definition) is 1.